The van der Waals surface area contributed by atoms with Gasteiger partial charge in [0.1, 0.15) is 0 Å². The van der Waals surface area contributed by atoms with Crippen LogP contribution in [0.4, 0.5) is 0 Å². The van der Waals surface area contributed by atoms with Gasteiger partial charge in [-0.15, -0.1) is 12.4 Å². The van der Waals surface area contributed by atoms with E-state index in [-0.39, 0.29) is 12.4 Å². The number of piperidine rings is 1. The molecule has 1 N–H and O–H groups in total. The van der Waals surface area contributed by atoms with Gasteiger partial charge in [0.15, 0.2) is 0 Å². The van der Waals surface area contributed by atoms with Crippen LogP contribution in [-0.2, 0) is 9.47 Å². The number of hydrogen-bond donors (Lipinski definition) is 1. The van der Waals surface area contributed by atoms with Crippen LogP contribution in [0.25, 0.3) is 0 Å². The van der Waals surface area contributed by atoms with E-state index in [0.29, 0.717) is 13.2 Å². The second kappa shape index (κ2) is 12.2. The van der Waals surface area contributed by atoms with Crippen LogP contribution in [0, 0.1) is 0 Å². The van der Waals surface area contributed by atoms with Gasteiger partial charge in [-0.1, -0.05) is 6.92 Å². The minimum absolute atomic E-state index is 0. The van der Waals surface area contributed by atoms with Crippen LogP contribution in [0.2, 0.25) is 0 Å². The standard InChI is InChI=1S/C13H28N2O2.ClH/c1-3-8-15(9-10-17-12-11-16-2)13-4-6-14-7-5-13;/h13-14H,3-12H2,1-2H3;1H. The van der Waals surface area contributed by atoms with Crippen molar-refractivity contribution in [2.45, 2.75) is 32.2 Å². The van der Waals surface area contributed by atoms with Crippen LogP contribution >= 0.6 is 12.4 Å². The number of nitrogens with zero attached hydrogens (tertiary/aromatic N) is 1. The Balaban J connectivity index is 0.00000289. The summed E-state index contributed by atoms with van der Waals surface area (Å²) in [7, 11) is 1.71. The zero-order valence-corrected chi connectivity index (χ0v) is 12.6. The molecular weight excluding hydrogens is 252 g/mol. The minimum atomic E-state index is 0. The van der Waals surface area contributed by atoms with Gasteiger partial charge < -0.3 is 14.8 Å². The molecular formula is C13H29ClN2O2. The lowest BCUT2D eigenvalue weighted by molar-refractivity contribution is 0.0457. The van der Waals surface area contributed by atoms with Crippen molar-refractivity contribution in [3.05, 3.63) is 0 Å². The Morgan fingerprint density at radius 2 is 1.83 bits per heavy atom. The maximum Gasteiger partial charge on any atom is 0.0700 e. The number of hydrogen-bond acceptors (Lipinski definition) is 4. The third-order valence-corrected chi connectivity index (χ3v) is 3.29. The van der Waals surface area contributed by atoms with Gasteiger partial charge in [0.05, 0.1) is 19.8 Å². The topological polar surface area (TPSA) is 33.7 Å². The van der Waals surface area contributed by atoms with Crippen molar-refractivity contribution in [2.75, 3.05) is 53.1 Å². The minimum Gasteiger partial charge on any atom is -0.382 e. The number of halogens is 1. The molecule has 4 nitrogen and oxygen atoms in total. The highest BCUT2D eigenvalue weighted by atomic mass is 35.5. The first-order valence-electron chi connectivity index (χ1n) is 6.90. The van der Waals surface area contributed by atoms with Crippen LogP contribution in [0.5, 0.6) is 0 Å². The Labute approximate surface area is 118 Å². The van der Waals surface area contributed by atoms with Gasteiger partial charge in [-0.05, 0) is 38.9 Å². The van der Waals surface area contributed by atoms with Crippen molar-refractivity contribution in [1.29, 1.82) is 0 Å². The van der Waals surface area contributed by atoms with Gasteiger partial charge in [-0.3, -0.25) is 4.90 Å². The average molecular weight is 281 g/mol. The SMILES string of the molecule is CCCN(CCOCCOC)C1CCNCC1.Cl. The lowest BCUT2D eigenvalue weighted by Gasteiger charge is -2.34. The second-order valence-electron chi connectivity index (χ2n) is 4.62. The molecule has 1 heterocycles. The number of ether oxygens (including phenoxy) is 2. The molecule has 18 heavy (non-hydrogen) atoms. The van der Waals surface area contributed by atoms with Gasteiger partial charge in [-0.2, -0.15) is 0 Å². The molecule has 0 aromatic carbocycles. The third-order valence-electron chi connectivity index (χ3n) is 3.29. The maximum atomic E-state index is 5.56. The van der Waals surface area contributed by atoms with Gasteiger partial charge >= 0.3 is 0 Å². The summed E-state index contributed by atoms with van der Waals surface area (Å²) in [5.74, 6) is 0. The normalized spacial score (nSPS) is 16.8. The van der Waals surface area contributed by atoms with Crippen molar-refractivity contribution >= 4 is 12.4 Å². The summed E-state index contributed by atoms with van der Waals surface area (Å²) in [5.41, 5.74) is 0. The van der Waals surface area contributed by atoms with Crippen molar-refractivity contribution < 1.29 is 9.47 Å². The molecule has 0 bridgehead atoms. The first-order valence-corrected chi connectivity index (χ1v) is 6.90. The van der Waals surface area contributed by atoms with Crippen LogP contribution in [0.15, 0.2) is 0 Å². The monoisotopic (exact) mass is 280 g/mol. The molecule has 1 aliphatic heterocycles. The molecule has 1 aliphatic rings. The van der Waals surface area contributed by atoms with Crippen LogP contribution in [0.1, 0.15) is 26.2 Å². The summed E-state index contributed by atoms with van der Waals surface area (Å²) in [6.45, 7) is 9.06. The Bertz CT molecular complexity index is 178. The molecule has 0 spiro atoms. The van der Waals surface area contributed by atoms with Crippen molar-refractivity contribution in [3.8, 4) is 0 Å². The van der Waals surface area contributed by atoms with E-state index in [1.54, 1.807) is 7.11 Å². The largest absolute Gasteiger partial charge is 0.382 e. The fraction of sp³-hybridized carbons (Fsp3) is 1.00. The predicted molar refractivity (Wildman–Crippen MR) is 77.7 cm³/mol. The van der Waals surface area contributed by atoms with Gasteiger partial charge in [-0.25, -0.2) is 0 Å². The Kier molecular flexibility index (Phi) is 12.3. The fourth-order valence-corrected chi connectivity index (χ4v) is 2.36. The maximum absolute atomic E-state index is 5.56. The molecule has 0 saturated carbocycles. The van der Waals surface area contributed by atoms with Crippen molar-refractivity contribution in [1.82, 2.24) is 10.2 Å². The Hall–Kier alpha value is 0.130. The second-order valence-corrected chi connectivity index (χ2v) is 4.62. The molecule has 0 aromatic heterocycles. The quantitative estimate of drug-likeness (QED) is 0.650. The van der Waals surface area contributed by atoms with E-state index in [9.17, 15) is 0 Å². The Morgan fingerprint density at radius 3 is 2.44 bits per heavy atom. The predicted octanol–water partition coefficient (Wildman–Crippen LogP) is 1.54. The smallest absolute Gasteiger partial charge is 0.0700 e. The van der Waals surface area contributed by atoms with Gasteiger partial charge in [0.25, 0.3) is 0 Å². The van der Waals surface area contributed by atoms with Gasteiger partial charge in [0, 0.05) is 19.7 Å². The number of nitrogens with one attached hydrogen (secondary N) is 1. The zero-order valence-electron chi connectivity index (χ0n) is 11.8. The first kappa shape index (κ1) is 18.1. The van der Waals surface area contributed by atoms with E-state index in [4.69, 9.17) is 9.47 Å². The molecule has 0 radical (unpaired) electrons. The molecule has 0 aromatic rings. The summed E-state index contributed by atoms with van der Waals surface area (Å²) in [6, 6.07) is 0.752. The third kappa shape index (κ3) is 7.54. The summed E-state index contributed by atoms with van der Waals surface area (Å²) in [4.78, 5) is 2.59. The molecule has 0 unspecified atom stereocenters. The highest BCUT2D eigenvalue weighted by molar-refractivity contribution is 5.85. The molecule has 5 heteroatoms. The molecule has 110 valence electrons. The van der Waals surface area contributed by atoms with E-state index >= 15 is 0 Å². The first-order chi connectivity index (χ1) is 8.38. The average Bonchev–Trinajstić information content (AvgIpc) is 2.38. The lowest BCUT2D eigenvalue weighted by atomic mass is 10.0. The molecule has 0 amide bonds. The highest BCUT2D eigenvalue weighted by Gasteiger charge is 2.19. The van der Waals surface area contributed by atoms with Gasteiger partial charge in [0.2, 0.25) is 0 Å². The molecule has 1 saturated heterocycles. The summed E-state index contributed by atoms with van der Waals surface area (Å²) >= 11 is 0. The highest BCUT2D eigenvalue weighted by Crippen LogP contribution is 2.11. The van der Waals surface area contributed by atoms with Crippen LogP contribution in [0.3, 0.4) is 0 Å². The van der Waals surface area contributed by atoms with Crippen molar-refractivity contribution in [2.24, 2.45) is 0 Å². The van der Waals surface area contributed by atoms with E-state index in [1.807, 2.05) is 0 Å². The van der Waals surface area contributed by atoms with E-state index < -0.39 is 0 Å². The lowest BCUT2D eigenvalue weighted by Crippen LogP contribution is -2.44. The molecule has 0 aliphatic carbocycles. The van der Waals surface area contributed by atoms with Crippen LogP contribution < -0.4 is 5.32 Å². The molecule has 0 atom stereocenters. The molecule has 1 fully saturated rings. The Morgan fingerprint density at radius 1 is 1.11 bits per heavy atom. The summed E-state index contributed by atoms with van der Waals surface area (Å²) in [6.07, 6.45) is 3.78. The zero-order chi connectivity index (χ0) is 12.3. The summed E-state index contributed by atoms with van der Waals surface area (Å²) < 4.78 is 10.5. The molecule has 1 rings (SSSR count). The number of rotatable bonds is 9. The summed E-state index contributed by atoms with van der Waals surface area (Å²) in [5, 5.41) is 3.42. The van der Waals surface area contributed by atoms with E-state index in [0.717, 1.165) is 32.3 Å². The van der Waals surface area contributed by atoms with Crippen LogP contribution in [-0.4, -0.2) is 64.1 Å². The van der Waals surface area contributed by atoms with Crippen molar-refractivity contribution in [3.63, 3.8) is 0 Å². The fourth-order valence-electron chi connectivity index (χ4n) is 2.36. The number of methoxy groups -OCH3 is 1. The van der Waals surface area contributed by atoms with E-state index in [2.05, 4.69) is 17.1 Å². The van der Waals surface area contributed by atoms with E-state index in [1.165, 1.54) is 25.8 Å².